The summed E-state index contributed by atoms with van der Waals surface area (Å²) in [6.07, 6.45) is 0. The van der Waals surface area contributed by atoms with Crippen LogP contribution < -0.4 is 19.9 Å². The SMILES string of the molecule is O=P1(c2ccccc2)N(c2ccccc2)c2cccc3c4cc5c(cc4n1c23)c1cccc2c1n5P(=O)(c1ccccc1)N2c1ccccc1. The van der Waals surface area contributed by atoms with Crippen LogP contribution in [0.5, 0.6) is 0 Å². The van der Waals surface area contributed by atoms with E-state index in [-0.39, 0.29) is 0 Å². The van der Waals surface area contributed by atoms with Gasteiger partial charge in [-0.3, -0.25) is 27.1 Å². The lowest BCUT2D eigenvalue weighted by Crippen LogP contribution is -2.22. The molecule has 2 aliphatic heterocycles. The average molecular weight is 683 g/mol. The van der Waals surface area contributed by atoms with Gasteiger partial charge in [0.25, 0.3) is 0 Å². The van der Waals surface area contributed by atoms with E-state index in [1.54, 1.807) is 0 Å². The molecule has 9 aromatic rings. The van der Waals surface area contributed by atoms with Gasteiger partial charge >= 0.3 is 14.9 Å². The highest BCUT2D eigenvalue weighted by atomic mass is 31.2. The fourth-order valence-corrected chi connectivity index (χ4v) is 14.4. The number of rotatable bonds is 4. The van der Waals surface area contributed by atoms with E-state index in [0.717, 1.165) is 77.0 Å². The Morgan fingerprint density at radius 1 is 0.360 bits per heavy atom. The minimum Gasteiger partial charge on any atom is -0.270 e. The monoisotopic (exact) mass is 682 g/mol. The lowest BCUT2D eigenvalue weighted by atomic mass is 10.1. The Kier molecular flexibility index (Phi) is 5.55. The summed E-state index contributed by atoms with van der Waals surface area (Å²) in [5.74, 6) is 0. The van der Waals surface area contributed by atoms with E-state index in [4.69, 9.17) is 0 Å². The van der Waals surface area contributed by atoms with E-state index in [2.05, 4.69) is 57.2 Å². The van der Waals surface area contributed by atoms with Crippen molar-refractivity contribution < 1.29 is 9.13 Å². The number of hydrogen-bond donors (Lipinski definition) is 0. The smallest absolute Gasteiger partial charge is 0.270 e. The molecular formula is C42H28N4O2P2. The Labute approximate surface area is 288 Å². The Morgan fingerprint density at radius 3 is 1.10 bits per heavy atom. The molecule has 0 N–H and O–H groups in total. The zero-order valence-electron chi connectivity index (χ0n) is 26.7. The zero-order valence-corrected chi connectivity index (χ0v) is 28.5. The van der Waals surface area contributed by atoms with Crippen LogP contribution in [0.2, 0.25) is 0 Å². The molecule has 0 saturated heterocycles. The minimum absolute atomic E-state index is 0.761. The van der Waals surface area contributed by atoms with E-state index in [9.17, 15) is 0 Å². The van der Waals surface area contributed by atoms with Gasteiger partial charge in [-0.15, -0.1) is 0 Å². The fraction of sp³-hybridized carbons (Fsp3) is 0. The van der Waals surface area contributed by atoms with Crippen molar-refractivity contribution in [3.05, 3.63) is 170 Å². The first-order valence-corrected chi connectivity index (χ1v) is 19.9. The summed E-state index contributed by atoms with van der Waals surface area (Å²) in [6, 6.07) is 56.6. The van der Waals surface area contributed by atoms with Crippen molar-refractivity contribution in [3.63, 3.8) is 0 Å². The van der Waals surface area contributed by atoms with E-state index in [1.165, 1.54) is 0 Å². The standard InChI is InChI=1S/C42H28N4O2P2/c47-49(31-19-9-3-10-20-31)43(29-15-5-1-6-16-29)37-25-13-23-33-35-28-40-36(27-39(35)45(49)41(33)37)34-24-14-26-38-42(34)46(40)50(48,32-21-11-4-12-22-32)44(38)30-17-7-2-8-18-30/h1-28H. The van der Waals surface area contributed by atoms with Crippen LogP contribution in [0, 0.1) is 0 Å². The molecule has 2 aromatic heterocycles. The number of hydrogen-bond acceptors (Lipinski definition) is 2. The normalized spacial score (nSPS) is 19.4. The molecule has 50 heavy (non-hydrogen) atoms. The summed E-state index contributed by atoms with van der Waals surface area (Å²) in [4.78, 5) is 0. The third-order valence-corrected chi connectivity index (χ3v) is 16.2. The molecule has 2 aliphatic rings. The quantitative estimate of drug-likeness (QED) is 0.173. The van der Waals surface area contributed by atoms with Crippen LogP contribution in [-0.4, -0.2) is 8.68 Å². The van der Waals surface area contributed by atoms with Crippen molar-refractivity contribution in [2.75, 3.05) is 9.34 Å². The molecule has 0 saturated carbocycles. The summed E-state index contributed by atoms with van der Waals surface area (Å²) < 4.78 is 40.5. The van der Waals surface area contributed by atoms with Crippen molar-refractivity contribution in [2.24, 2.45) is 0 Å². The first-order valence-electron chi connectivity index (χ1n) is 16.7. The Bertz CT molecular complexity index is 2740. The maximum atomic E-state index is 16.1. The largest absolute Gasteiger partial charge is 0.301 e. The molecular weight excluding hydrogens is 654 g/mol. The van der Waals surface area contributed by atoms with Crippen LogP contribution in [0.4, 0.5) is 22.7 Å². The summed E-state index contributed by atoms with van der Waals surface area (Å²) in [5.41, 5.74) is 7.24. The molecule has 6 nitrogen and oxygen atoms in total. The highest BCUT2D eigenvalue weighted by Gasteiger charge is 2.48. The summed E-state index contributed by atoms with van der Waals surface area (Å²) in [7, 11) is -6.96. The van der Waals surface area contributed by atoms with E-state index >= 15 is 9.13 Å². The molecule has 238 valence electrons. The Balaban J connectivity index is 1.29. The lowest BCUT2D eigenvalue weighted by Gasteiger charge is -2.30. The molecule has 0 fully saturated rings. The maximum absolute atomic E-state index is 16.1. The van der Waals surface area contributed by atoms with Crippen LogP contribution in [0.3, 0.4) is 0 Å². The number of nitrogens with zero attached hydrogens (tertiary/aromatic N) is 4. The van der Waals surface area contributed by atoms with Gasteiger partial charge in [0, 0.05) is 32.9 Å². The summed E-state index contributed by atoms with van der Waals surface area (Å²) in [5, 5.41) is 5.52. The zero-order chi connectivity index (χ0) is 33.2. The van der Waals surface area contributed by atoms with Crippen molar-refractivity contribution in [1.29, 1.82) is 0 Å². The molecule has 0 bridgehead atoms. The minimum atomic E-state index is -3.48. The maximum Gasteiger partial charge on any atom is 0.301 e. The van der Waals surface area contributed by atoms with Gasteiger partial charge in [-0.1, -0.05) is 97.1 Å². The Hall–Kier alpha value is -5.80. The highest BCUT2D eigenvalue weighted by molar-refractivity contribution is 7.73. The van der Waals surface area contributed by atoms with Gasteiger partial charge in [0.1, 0.15) is 0 Å². The predicted molar refractivity (Wildman–Crippen MR) is 208 cm³/mol. The molecule has 0 radical (unpaired) electrons. The van der Waals surface area contributed by atoms with E-state index in [0.29, 0.717) is 0 Å². The molecule has 0 amide bonds. The molecule has 4 heterocycles. The summed E-state index contributed by atoms with van der Waals surface area (Å²) >= 11 is 0. The van der Waals surface area contributed by atoms with Crippen molar-refractivity contribution >= 4 is 91.9 Å². The number of para-hydroxylation sites is 4. The van der Waals surface area contributed by atoms with Gasteiger partial charge in [0.15, 0.2) is 0 Å². The summed E-state index contributed by atoms with van der Waals surface area (Å²) in [6.45, 7) is 0. The molecule has 2 unspecified atom stereocenters. The molecule has 7 aromatic carbocycles. The van der Waals surface area contributed by atoms with Crippen LogP contribution in [0.1, 0.15) is 0 Å². The lowest BCUT2D eigenvalue weighted by molar-refractivity contribution is 0.577. The first kappa shape index (κ1) is 28.1. The van der Waals surface area contributed by atoms with Crippen molar-refractivity contribution in [3.8, 4) is 0 Å². The molecule has 0 spiro atoms. The topological polar surface area (TPSA) is 50.5 Å². The highest BCUT2D eigenvalue weighted by Crippen LogP contribution is 2.68. The van der Waals surface area contributed by atoms with Crippen molar-refractivity contribution in [1.82, 2.24) is 8.68 Å². The van der Waals surface area contributed by atoms with Crippen molar-refractivity contribution in [2.45, 2.75) is 0 Å². The number of benzene rings is 7. The molecule has 8 heteroatoms. The Morgan fingerprint density at radius 2 is 0.720 bits per heavy atom. The van der Waals surface area contributed by atoms with Gasteiger partial charge in [-0.05, 0) is 72.8 Å². The third-order valence-electron chi connectivity index (χ3n) is 10.3. The number of aromatic nitrogens is 2. The van der Waals surface area contributed by atoms with Gasteiger partial charge in [-0.2, -0.15) is 0 Å². The average Bonchev–Trinajstić information content (AvgIpc) is 3.86. The van der Waals surface area contributed by atoms with Gasteiger partial charge in [0.05, 0.1) is 44.1 Å². The van der Waals surface area contributed by atoms with Gasteiger partial charge < -0.3 is 0 Å². The van der Waals surface area contributed by atoms with Crippen LogP contribution in [0.25, 0.3) is 43.6 Å². The van der Waals surface area contributed by atoms with Crippen LogP contribution >= 0.6 is 14.9 Å². The second-order valence-corrected chi connectivity index (χ2v) is 17.7. The first-order chi connectivity index (χ1) is 24.6. The molecule has 2 atom stereocenters. The second kappa shape index (κ2) is 9.89. The third kappa shape index (κ3) is 3.35. The van der Waals surface area contributed by atoms with Gasteiger partial charge in [-0.25, -0.2) is 0 Å². The predicted octanol–water partition coefficient (Wildman–Crippen LogP) is 10.9. The van der Waals surface area contributed by atoms with E-state index < -0.39 is 14.9 Å². The fourth-order valence-electron chi connectivity index (χ4n) is 8.35. The number of anilines is 4. The van der Waals surface area contributed by atoms with E-state index in [1.807, 2.05) is 131 Å². The van der Waals surface area contributed by atoms with Gasteiger partial charge in [0.2, 0.25) is 0 Å². The molecule has 11 rings (SSSR count). The van der Waals surface area contributed by atoms with Crippen LogP contribution in [-0.2, 0) is 9.13 Å². The molecule has 0 aliphatic carbocycles. The number of fused-ring (bicyclic) bond motifs is 6. The second-order valence-electron chi connectivity index (χ2n) is 12.9. The van der Waals surface area contributed by atoms with Crippen LogP contribution in [0.15, 0.2) is 170 Å².